The SMILES string of the molecule is O=C([C@@H]1CCCNC1)N1CCC2CCCCC2C1. The van der Waals surface area contributed by atoms with Gasteiger partial charge in [0, 0.05) is 19.6 Å². The van der Waals surface area contributed by atoms with Crippen molar-refractivity contribution in [3.8, 4) is 0 Å². The molecule has 3 rings (SSSR count). The number of amides is 1. The summed E-state index contributed by atoms with van der Waals surface area (Å²) in [5.41, 5.74) is 0. The number of nitrogens with zero attached hydrogens (tertiary/aromatic N) is 1. The van der Waals surface area contributed by atoms with E-state index in [1.807, 2.05) is 0 Å². The smallest absolute Gasteiger partial charge is 0.226 e. The van der Waals surface area contributed by atoms with Gasteiger partial charge >= 0.3 is 0 Å². The zero-order valence-electron chi connectivity index (χ0n) is 11.4. The number of fused-ring (bicyclic) bond motifs is 1. The van der Waals surface area contributed by atoms with Gasteiger partial charge in [-0.1, -0.05) is 19.3 Å². The lowest BCUT2D eigenvalue weighted by Crippen LogP contribution is -2.49. The molecule has 1 amide bonds. The quantitative estimate of drug-likeness (QED) is 0.772. The van der Waals surface area contributed by atoms with Crippen LogP contribution in [0.1, 0.15) is 44.9 Å². The summed E-state index contributed by atoms with van der Waals surface area (Å²) in [5, 5.41) is 3.36. The van der Waals surface area contributed by atoms with Crippen LogP contribution in [0.5, 0.6) is 0 Å². The molecule has 2 unspecified atom stereocenters. The number of rotatable bonds is 1. The van der Waals surface area contributed by atoms with E-state index < -0.39 is 0 Å². The van der Waals surface area contributed by atoms with Gasteiger partial charge in [0.2, 0.25) is 5.91 Å². The molecule has 2 heterocycles. The van der Waals surface area contributed by atoms with Gasteiger partial charge in [0.15, 0.2) is 0 Å². The molecule has 0 radical (unpaired) electrons. The molecule has 0 bridgehead atoms. The van der Waals surface area contributed by atoms with Gasteiger partial charge in [-0.05, 0) is 44.1 Å². The molecular formula is C15H26N2O. The lowest BCUT2D eigenvalue weighted by Gasteiger charge is -2.42. The van der Waals surface area contributed by atoms with Crippen LogP contribution in [0.4, 0.5) is 0 Å². The first-order valence-corrected chi connectivity index (χ1v) is 7.84. The first-order chi connectivity index (χ1) is 8.84. The van der Waals surface area contributed by atoms with E-state index in [1.165, 1.54) is 32.1 Å². The first-order valence-electron chi connectivity index (χ1n) is 7.84. The minimum absolute atomic E-state index is 0.263. The Morgan fingerprint density at radius 1 is 1.00 bits per heavy atom. The number of hydrogen-bond acceptors (Lipinski definition) is 2. The lowest BCUT2D eigenvalue weighted by atomic mass is 9.75. The Balaban J connectivity index is 1.57. The molecule has 0 aromatic carbocycles. The van der Waals surface area contributed by atoms with Gasteiger partial charge in [0.1, 0.15) is 0 Å². The van der Waals surface area contributed by atoms with Crippen LogP contribution in [0.3, 0.4) is 0 Å². The number of nitrogens with one attached hydrogen (secondary N) is 1. The van der Waals surface area contributed by atoms with E-state index in [0.717, 1.165) is 50.9 Å². The molecule has 1 N–H and O–H groups in total. The molecule has 102 valence electrons. The molecule has 3 heteroatoms. The Hall–Kier alpha value is -0.570. The van der Waals surface area contributed by atoms with E-state index in [4.69, 9.17) is 0 Å². The largest absolute Gasteiger partial charge is 0.342 e. The fourth-order valence-corrected chi connectivity index (χ4v) is 4.12. The van der Waals surface area contributed by atoms with Crippen LogP contribution in [0.15, 0.2) is 0 Å². The maximum Gasteiger partial charge on any atom is 0.226 e. The van der Waals surface area contributed by atoms with E-state index >= 15 is 0 Å². The Morgan fingerprint density at radius 2 is 1.83 bits per heavy atom. The highest BCUT2D eigenvalue weighted by Crippen LogP contribution is 2.36. The van der Waals surface area contributed by atoms with E-state index in [0.29, 0.717) is 5.91 Å². The maximum absolute atomic E-state index is 12.5. The summed E-state index contributed by atoms with van der Waals surface area (Å²) in [7, 11) is 0. The minimum atomic E-state index is 0.263. The van der Waals surface area contributed by atoms with Crippen molar-refractivity contribution in [2.45, 2.75) is 44.9 Å². The van der Waals surface area contributed by atoms with E-state index in [1.54, 1.807) is 0 Å². The Kier molecular flexibility index (Phi) is 3.88. The van der Waals surface area contributed by atoms with E-state index in [2.05, 4.69) is 10.2 Å². The van der Waals surface area contributed by atoms with Gasteiger partial charge in [-0.15, -0.1) is 0 Å². The molecule has 2 aliphatic heterocycles. The second-order valence-corrected chi connectivity index (χ2v) is 6.42. The Morgan fingerprint density at radius 3 is 2.61 bits per heavy atom. The molecule has 0 aromatic heterocycles. The molecule has 3 aliphatic rings. The third-order valence-electron chi connectivity index (χ3n) is 5.25. The van der Waals surface area contributed by atoms with Gasteiger partial charge in [-0.3, -0.25) is 4.79 Å². The van der Waals surface area contributed by atoms with Crippen molar-refractivity contribution < 1.29 is 4.79 Å². The van der Waals surface area contributed by atoms with Crippen molar-refractivity contribution >= 4 is 5.91 Å². The van der Waals surface area contributed by atoms with Crippen molar-refractivity contribution in [1.29, 1.82) is 0 Å². The molecule has 0 aromatic rings. The molecule has 1 aliphatic carbocycles. The number of piperidine rings is 2. The average molecular weight is 250 g/mol. The number of hydrogen-bond donors (Lipinski definition) is 1. The van der Waals surface area contributed by atoms with Gasteiger partial charge in [-0.2, -0.15) is 0 Å². The Labute approximate surface area is 110 Å². The topological polar surface area (TPSA) is 32.3 Å². The zero-order valence-corrected chi connectivity index (χ0v) is 11.4. The summed E-state index contributed by atoms with van der Waals surface area (Å²) < 4.78 is 0. The van der Waals surface area contributed by atoms with Crippen LogP contribution in [-0.4, -0.2) is 37.0 Å². The van der Waals surface area contributed by atoms with Crippen molar-refractivity contribution in [2.24, 2.45) is 17.8 Å². The summed E-state index contributed by atoms with van der Waals surface area (Å²) in [6, 6.07) is 0. The second-order valence-electron chi connectivity index (χ2n) is 6.42. The van der Waals surface area contributed by atoms with Gasteiger partial charge in [-0.25, -0.2) is 0 Å². The average Bonchev–Trinajstić information content (AvgIpc) is 2.47. The Bertz CT molecular complexity index is 299. The second kappa shape index (κ2) is 5.60. The summed E-state index contributed by atoms with van der Waals surface area (Å²) in [6.45, 7) is 4.08. The van der Waals surface area contributed by atoms with Gasteiger partial charge < -0.3 is 10.2 Å². The highest BCUT2D eigenvalue weighted by Gasteiger charge is 2.35. The minimum Gasteiger partial charge on any atom is -0.342 e. The number of carbonyl (C=O) groups excluding carboxylic acids is 1. The monoisotopic (exact) mass is 250 g/mol. The zero-order chi connectivity index (χ0) is 12.4. The predicted octanol–water partition coefficient (Wildman–Crippen LogP) is 2.02. The maximum atomic E-state index is 12.5. The van der Waals surface area contributed by atoms with Crippen LogP contribution in [0.2, 0.25) is 0 Å². The van der Waals surface area contributed by atoms with Crippen molar-refractivity contribution in [1.82, 2.24) is 10.2 Å². The third-order valence-corrected chi connectivity index (χ3v) is 5.25. The molecular weight excluding hydrogens is 224 g/mol. The fourth-order valence-electron chi connectivity index (χ4n) is 4.12. The summed E-state index contributed by atoms with van der Waals surface area (Å²) in [5.74, 6) is 2.44. The summed E-state index contributed by atoms with van der Waals surface area (Å²) in [4.78, 5) is 14.7. The summed E-state index contributed by atoms with van der Waals surface area (Å²) >= 11 is 0. The lowest BCUT2D eigenvalue weighted by molar-refractivity contribution is -0.139. The van der Waals surface area contributed by atoms with Crippen molar-refractivity contribution in [3.05, 3.63) is 0 Å². The van der Waals surface area contributed by atoms with E-state index in [9.17, 15) is 4.79 Å². The highest BCUT2D eigenvalue weighted by molar-refractivity contribution is 5.79. The van der Waals surface area contributed by atoms with Crippen molar-refractivity contribution in [3.63, 3.8) is 0 Å². The third kappa shape index (κ3) is 2.56. The van der Waals surface area contributed by atoms with Gasteiger partial charge in [0.25, 0.3) is 0 Å². The normalized spacial score (nSPS) is 37.1. The fraction of sp³-hybridized carbons (Fsp3) is 0.933. The predicted molar refractivity (Wildman–Crippen MR) is 72.2 cm³/mol. The van der Waals surface area contributed by atoms with Crippen LogP contribution in [-0.2, 0) is 4.79 Å². The summed E-state index contributed by atoms with van der Waals surface area (Å²) in [6.07, 6.45) is 9.09. The van der Waals surface area contributed by atoms with E-state index in [-0.39, 0.29) is 5.92 Å². The number of likely N-dealkylation sites (tertiary alicyclic amines) is 1. The molecule has 3 nitrogen and oxygen atoms in total. The van der Waals surface area contributed by atoms with Crippen LogP contribution < -0.4 is 5.32 Å². The molecule has 18 heavy (non-hydrogen) atoms. The van der Waals surface area contributed by atoms with Crippen LogP contribution >= 0.6 is 0 Å². The van der Waals surface area contributed by atoms with Crippen molar-refractivity contribution in [2.75, 3.05) is 26.2 Å². The molecule has 3 fully saturated rings. The van der Waals surface area contributed by atoms with Crippen LogP contribution in [0, 0.1) is 17.8 Å². The molecule has 0 spiro atoms. The molecule has 3 atom stereocenters. The van der Waals surface area contributed by atoms with Crippen LogP contribution in [0.25, 0.3) is 0 Å². The van der Waals surface area contributed by atoms with Gasteiger partial charge in [0.05, 0.1) is 5.92 Å². The molecule has 1 saturated carbocycles. The first kappa shape index (κ1) is 12.5. The number of carbonyl (C=O) groups is 1. The highest BCUT2D eigenvalue weighted by atomic mass is 16.2. The standard InChI is InChI=1S/C15H26N2O/c18-15(13-6-3-8-16-10-13)17-9-7-12-4-1-2-5-14(12)11-17/h12-14,16H,1-11H2/t12?,13-,14?/m1/s1. The molecule has 2 saturated heterocycles.